The van der Waals surface area contributed by atoms with Crippen molar-refractivity contribution in [1.82, 2.24) is 0 Å². The fraction of sp³-hybridized carbons (Fsp3) is 1.00. The molecule has 0 radical (unpaired) electrons. The zero-order chi connectivity index (χ0) is 9.19. The van der Waals surface area contributed by atoms with Crippen LogP contribution in [-0.2, 0) is 9.47 Å². The molecule has 80 valence electrons. The molecule has 2 atom stereocenters. The maximum absolute atomic E-state index is 5.72. The molecule has 1 aliphatic rings. The highest BCUT2D eigenvalue weighted by Crippen LogP contribution is 2.09. The Labute approximate surface area is 98.0 Å². The monoisotopic (exact) mass is 301 g/mol. The van der Waals surface area contributed by atoms with Crippen molar-refractivity contribution in [2.75, 3.05) is 40.9 Å². The summed E-state index contributed by atoms with van der Waals surface area (Å²) in [6, 6.07) is 0. The third-order valence-electron chi connectivity index (χ3n) is 1.83. The topological polar surface area (TPSA) is 18.5 Å². The molecule has 1 fully saturated rings. The molecule has 0 bridgehead atoms. The summed E-state index contributed by atoms with van der Waals surface area (Å²) in [5.41, 5.74) is 0. The van der Waals surface area contributed by atoms with Crippen LogP contribution < -0.4 is 24.0 Å². The first kappa shape index (κ1) is 13.6. The summed E-state index contributed by atoms with van der Waals surface area (Å²) in [5, 5.41) is 0. The molecule has 1 saturated heterocycles. The second-order valence-corrected chi connectivity index (χ2v) is 4.58. The van der Waals surface area contributed by atoms with Crippen molar-refractivity contribution in [2.45, 2.75) is 19.1 Å². The summed E-state index contributed by atoms with van der Waals surface area (Å²) in [5.74, 6) is 0. The van der Waals surface area contributed by atoms with Crippen LogP contribution in [0.4, 0.5) is 0 Å². The van der Waals surface area contributed by atoms with Crippen LogP contribution >= 0.6 is 0 Å². The lowest BCUT2D eigenvalue weighted by Crippen LogP contribution is -3.00. The number of rotatable bonds is 2. The average Bonchev–Trinajstić information content (AvgIpc) is 1.82. The van der Waals surface area contributed by atoms with Crippen LogP contribution in [0.3, 0.4) is 0 Å². The van der Waals surface area contributed by atoms with E-state index in [2.05, 4.69) is 28.1 Å². The van der Waals surface area contributed by atoms with Crippen molar-refractivity contribution in [3.8, 4) is 0 Å². The van der Waals surface area contributed by atoms with E-state index in [1.54, 1.807) is 0 Å². The fourth-order valence-corrected chi connectivity index (χ4v) is 1.48. The number of quaternary nitrogens is 1. The van der Waals surface area contributed by atoms with Crippen LogP contribution in [-0.4, -0.2) is 57.6 Å². The Morgan fingerprint density at radius 2 is 1.85 bits per heavy atom. The van der Waals surface area contributed by atoms with E-state index in [9.17, 15) is 0 Å². The summed E-state index contributed by atoms with van der Waals surface area (Å²) >= 11 is 0. The van der Waals surface area contributed by atoms with E-state index in [1.165, 1.54) is 0 Å². The van der Waals surface area contributed by atoms with Gasteiger partial charge in [0.1, 0.15) is 12.6 Å². The maximum Gasteiger partial charge on any atom is 0.130 e. The van der Waals surface area contributed by atoms with Crippen molar-refractivity contribution in [3.63, 3.8) is 0 Å². The minimum atomic E-state index is 0. The molecular formula is C9H20INO2. The molecule has 0 N–H and O–H groups in total. The van der Waals surface area contributed by atoms with Gasteiger partial charge in [0.15, 0.2) is 0 Å². The van der Waals surface area contributed by atoms with Crippen LogP contribution in [0.25, 0.3) is 0 Å². The van der Waals surface area contributed by atoms with E-state index in [-0.39, 0.29) is 36.2 Å². The molecule has 3 nitrogen and oxygen atoms in total. The normalized spacial score (nSPS) is 29.5. The highest BCUT2D eigenvalue weighted by atomic mass is 127. The van der Waals surface area contributed by atoms with Crippen molar-refractivity contribution in [1.29, 1.82) is 0 Å². The fourth-order valence-electron chi connectivity index (χ4n) is 1.48. The molecular weight excluding hydrogens is 281 g/mol. The van der Waals surface area contributed by atoms with Gasteiger partial charge in [0.25, 0.3) is 0 Å². The first-order valence-electron chi connectivity index (χ1n) is 4.51. The van der Waals surface area contributed by atoms with E-state index in [0.717, 1.165) is 24.2 Å². The molecule has 0 aliphatic carbocycles. The summed E-state index contributed by atoms with van der Waals surface area (Å²) in [7, 11) is 6.51. The molecule has 1 heterocycles. The molecule has 0 saturated carbocycles. The Hall–Kier alpha value is 0.610. The molecule has 4 heteroatoms. The van der Waals surface area contributed by atoms with Gasteiger partial charge in [-0.05, 0) is 6.92 Å². The zero-order valence-electron chi connectivity index (χ0n) is 8.92. The lowest BCUT2D eigenvalue weighted by molar-refractivity contribution is -0.874. The van der Waals surface area contributed by atoms with Gasteiger partial charge in [0.2, 0.25) is 0 Å². The van der Waals surface area contributed by atoms with Gasteiger partial charge in [-0.3, -0.25) is 0 Å². The van der Waals surface area contributed by atoms with Crippen LogP contribution in [0, 0.1) is 0 Å². The van der Waals surface area contributed by atoms with Gasteiger partial charge in [-0.1, -0.05) is 0 Å². The highest BCUT2D eigenvalue weighted by Gasteiger charge is 2.24. The third kappa shape index (κ3) is 5.83. The Morgan fingerprint density at radius 3 is 2.31 bits per heavy atom. The Balaban J connectivity index is 0.00000144. The number of nitrogens with zero attached hydrogens (tertiary/aromatic N) is 1. The molecule has 1 aliphatic heterocycles. The lowest BCUT2D eigenvalue weighted by Gasteiger charge is -2.33. The second-order valence-electron chi connectivity index (χ2n) is 4.58. The van der Waals surface area contributed by atoms with Crippen LogP contribution in [0.2, 0.25) is 0 Å². The van der Waals surface area contributed by atoms with Crippen LogP contribution in [0.5, 0.6) is 0 Å². The molecule has 0 amide bonds. The van der Waals surface area contributed by atoms with E-state index >= 15 is 0 Å². The smallest absolute Gasteiger partial charge is 0.130 e. The van der Waals surface area contributed by atoms with Crippen molar-refractivity contribution >= 4 is 0 Å². The molecule has 0 aromatic heterocycles. The molecule has 0 aromatic carbocycles. The standard InChI is InChI=1S/C9H20NO2.HI/c1-8-6-11-7-9(12-8)5-10(2,3)4;/h8-9H,5-7H2,1-4H3;1H/q+1;/p-1/t8-,9-;/m1./s1. The minimum absolute atomic E-state index is 0. The Kier molecular flexibility index (Phi) is 5.74. The predicted molar refractivity (Wildman–Crippen MR) is 48.1 cm³/mol. The molecule has 0 aromatic rings. The molecule has 1 rings (SSSR count). The SMILES string of the molecule is C[C@@H]1COC[C@@H](C[N+](C)(C)C)O1.[I-]. The third-order valence-corrected chi connectivity index (χ3v) is 1.83. The van der Waals surface area contributed by atoms with Crippen LogP contribution in [0.15, 0.2) is 0 Å². The van der Waals surface area contributed by atoms with Gasteiger partial charge in [0, 0.05) is 0 Å². The van der Waals surface area contributed by atoms with Crippen molar-refractivity contribution < 1.29 is 37.9 Å². The summed E-state index contributed by atoms with van der Waals surface area (Å²) < 4.78 is 12.1. The largest absolute Gasteiger partial charge is 1.00 e. The number of ether oxygens (including phenoxy) is 2. The van der Waals surface area contributed by atoms with Gasteiger partial charge in [0.05, 0.1) is 40.5 Å². The summed E-state index contributed by atoms with van der Waals surface area (Å²) in [6.07, 6.45) is 0.532. The number of halogens is 1. The van der Waals surface area contributed by atoms with Gasteiger partial charge in [-0.15, -0.1) is 0 Å². The zero-order valence-corrected chi connectivity index (χ0v) is 11.1. The number of likely N-dealkylation sites (N-methyl/N-ethyl adjacent to an activating group) is 1. The van der Waals surface area contributed by atoms with E-state index < -0.39 is 0 Å². The Bertz CT molecular complexity index is 147. The Morgan fingerprint density at radius 1 is 1.23 bits per heavy atom. The average molecular weight is 301 g/mol. The quantitative estimate of drug-likeness (QED) is 0.415. The van der Waals surface area contributed by atoms with Gasteiger partial charge < -0.3 is 37.9 Å². The first-order valence-corrected chi connectivity index (χ1v) is 4.51. The van der Waals surface area contributed by atoms with Crippen molar-refractivity contribution in [3.05, 3.63) is 0 Å². The summed E-state index contributed by atoms with van der Waals surface area (Å²) in [4.78, 5) is 0. The number of hydrogen-bond donors (Lipinski definition) is 0. The molecule has 13 heavy (non-hydrogen) atoms. The van der Waals surface area contributed by atoms with Gasteiger partial charge >= 0.3 is 0 Å². The van der Waals surface area contributed by atoms with E-state index in [0.29, 0.717) is 0 Å². The first-order chi connectivity index (χ1) is 5.47. The van der Waals surface area contributed by atoms with E-state index in [4.69, 9.17) is 9.47 Å². The van der Waals surface area contributed by atoms with Gasteiger partial charge in [-0.25, -0.2) is 0 Å². The molecule has 0 unspecified atom stereocenters. The molecule has 0 spiro atoms. The second kappa shape index (κ2) is 5.48. The predicted octanol–water partition coefficient (Wildman–Crippen LogP) is -2.50. The summed E-state index contributed by atoms with van der Waals surface area (Å²) in [6.45, 7) is 4.57. The number of hydrogen-bond acceptors (Lipinski definition) is 2. The van der Waals surface area contributed by atoms with Crippen LogP contribution in [0.1, 0.15) is 6.92 Å². The van der Waals surface area contributed by atoms with Crippen molar-refractivity contribution in [2.24, 2.45) is 0 Å². The minimum Gasteiger partial charge on any atom is -1.00 e. The lowest BCUT2D eigenvalue weighted by atomic mass is 10.3. The highest BCUT2D eigenvalue weighted by molar-refractivity contribution is 4.64. The van der Waals surface area contributed by atoms with Gasteiger partial charge in [-0.2, -0.15) is 0 Å². The van der Waals surface area contributed by atoms with E-state index in [1.807, 2.05) is 0 Å². The maximum atomic E-state index is 5.72.